The Bertz CT molecular complexity index is 835. The summed E-state index contributed by atoms with van der Waals surface area (Å²) in [5.74, 6) is 2.14. The Balaban J connectivity index is 1.35. The maximum absolute atomic E-state index is 13.0. The molecule has 0 saturated carbocycles. The molecule has 1 amide bonds. The molecule has 6 heteroatoms. The van der Waals surface area contributed by atoms with Crippen molar-refractivity contribution in [2.24, 2.45) is 18.9 Å². The lowest BCUT2D eigenvalue weighted by atomic mass is 9.89. The molecule has 0 bridgehead atoms. The van der Waals surface area contributed by atoms with E-state index in [1.807, 2.05) is 26.4 Å². The van der Waals surface area contributed by atoms with Gasteiger partial charge >= 0.3 is 0 Å². The lowest BCUT2D eigenvalue weighted by Gasteiger charge is -2.37. The van der Waals surface area contributed by atoms with Crippen molar-refractivity contribution in [3.63, 3.8) is 0 Å². The third-order valence-corrected chi connectivity index (χ3v) is 6.73. The van der Waals surface area contributed by atoms with E-state index in [-0.39, 0.29) is 5.92 Å². The number of nitrogens with zero attached hydrogens (tertiary/aromatic N) is 5. The average molecular weight is 396 g/mol. The number of hydrogen-bond acceptors (Lipinski definition) is 4. The van der Waals surface area contributed by atoms with Gasteiger partial charge in [-0.1, -0.05) is 6.07 Å². The number of pyridine rings is 1. The van der Waals surface area contributed by atoms with E-state index in [1.165, 1.54) is 12.0 Å². The highest BCUT2D eigenvalue weighted by molar-refractivity contribution is 5.79. The van der Waals surface area contributed by atoms with Crippen molar-refractivity contribution in [2.75, 3.05) is 33.2 Å². The molecule has 2 aliphatic rings. The van der Waals surface area contributed by atoms with Gasteiger partial charge in [0.15, 0.2) is 0 Å². The summed E-state index contributed by atoms with van der Waals surface area (Å²) in [6, 6.07) is 4.28. The zero-order chi connectivity index (χ0) is 20.4. The summed E-state index contributed by atoms with van der Waals surface area (Å²) in [4.78, 5) is 26.5. The molecule has 2 aromatic rings. The van der Waals surface area contributed by atoms with Crippen molar-refractivity contribution >= 4 is 5.91 Å². The first-order valence-corrected chi connectivity index (χ1v) is 10.9. The minimum absolute atomic E-state index is 0.230. The van der Waals surface area contributed by atoms with Gasteiger partial charge in [-0.05, 0) is 76.7 Å². The summed E-state index contributed by atoms with van der Waals surface area (Å²) >= 11 is 0. The van der Waals surface area contributed by atoms with Gasteiger partial charge in [-0.25, -0.2) is 4.98 Å². The van der Waals surface area contributed by atoms with Crippen molar-refractivity contribution in [3.05, 3.63) is 35.9 Å². The van der Waals surface area contributed by atoms with Gasteiger partial charge < -0.3 is 14.4 Å². The fourth-order valence-electron chi connectivity index (χ4n) is 4.72. The van der Waals surface area contributed by atoms with Crippen LogP contribution in [0.25, 0.3) is 11.4 Å². The lowest BCUT2D eigenvalue weighted by Crippen LogP contribution is -2.46. The van der Waals surface area contributed by atoms with Crippen LogP contribution in [-0.2, 0) is 18.3 Å². The molecule has 156 valence electrons. The zero-order valence-corrected chi connectivity index (χ0v) is 18.0. The highest BCUT2D eigenvalue weighted by Crippen LogP contribution is 2.26. The second-order valence-electron chi connectivity index (χ2n) is 8.88. The molecule has 1 atom stereocenters. The Kier molecular flexibility index (Phi) is 5.99. The normalized spacial score (nSPS) is 21.5. The van der Waals surface area contributed by atoms with Crippen molar-refractivity contribution in [3.8, 4) is 11.4 Å². The SMILES string of the molecule is Cc1ncc(-c2ccc(CC3CCCN(C(=O)C4CCN(C)CC4)C3)cn2)n1C. The number of aryl methyl sites for hydroxylation is 1. The zero-order valence-electron chi connectivity index (χ0n) is 18.0. The second-order valence-corrected chi connectivity index (χ2v) is 8.88. The Labute approximate surface area is 173 Å². The summed E-state index contributed by atoms with van der Waals surface area (Å²) in [6.45, 7) is 5.91. The van der Waals surface area contributed by atoms with E-state index in [0.717, 1.165) is 69.1 Å². The highest BCUT2D eigenvalue weighted by Gasteiger charge is 2.30. The quantitative estimate of drug-likeness (QED) is 0.799. The Hall–Kier alpha value is -2.21. The average Bonchev–Trinajstić information content (AvgIpc) is 3.07. The van der Waals surface area contributed by atoms with Gasteiger partial charge in [0.25, 0.3) is 0 Å². The van der Waals surface area contributed by atoms with E-state index in [0.29, 0.717) is 11.8 Å². The van der Waals surface area contributed by atoms with Crippen molar-refractivity contribution < 1.29 is 4.79 Å². The van der Waals surface area contributed by atoms with Crippen LogP contribution in [0.2, 0.25) is 0 Å². The monoisotopic (exact) mass is 395 g/mol. The molecule has 2 aromatic heterocycles. The Morgan fingerprint density at radius 2 is 1.86 bits per heavy atom. The molecule has 2 saturated heterocycles. The van der Waals surface area contributed by atoms with E-state index < -0.39 is 0 Å². The van der Waals surface area contributed by atoms with Crippen LogP contribution in [0.5, 0.6) is 0 Å². The van der Waals surface area contributed by atoms with Crippen LogP contribution in [-0.4, -0.2) is 63.5 Å². The minimum Gasteiger partial charge on any atom is -0.342 e. The topological polar surface area (TPSA) is 54.3 Å². The van der Waals surface area contributed by atoms with Crippen LogP contribution < -0.4 is 0 Å². The summed E-state index contributed by atoms with van der Waals surface area (Å²) in [5.41, 5.74) is 3.26. The molecule has 4 heterocycles. The van der Waals surface area contributed by atoms with Gasteiger partial charge in [0, 0.05) is 32.3 Å². The van der Waals surface area contributed by atoms with E-state index in [9.17, 15) is 4.79 Å². The van der Waals surface area contributed by atoms with Crippen LogP contribution in [0.1, 0.15) is 37.1 Å². The number of aromatic nitrogens is 3. The van der Waals surface area contributed by atoms with Crippen LogP contribution in [0, 0.1) is 18.8 Å². The van der Waals surface area contributed by atoms with Gasteiger partial charge in [0.1, 0.15) is 5.82 Å². The molecule has 6 nitrogen and oxygen atoms in total. The van der Waals surface area contributed by atoms with Crippen molar-refractivity contribution in [1.82, 2.24) is 24.3 Å². The number of hydrogen-bond donors (Lipinski definition) is 0. The van der Waals surface area contributed by atoms with Crippen molar-refractivity contribution in [1.29, 1.82) is 0 Å². The summed E-state index contributed by atoms with van der Waals surface area (Å²) < 4.78 is 2.07. The first-order chi connectivity index (χ1) is 14.0. The first kappa shape index (κ1) is 20.1. The summed E-state index contributed by atoms with van der Waals surface area (Å²) in [7, 11) is 4.16. The number of imidazole rings is 1. The highest BCUT2D eigenvalue weighted by atomic mass is 16.2. The number of piperidine rings is 2. The van der Waals surface area contributed by atoms with Gasteiger partial charge in [-0.2, -0.15) is 0 Å². The molecular weight excluding hydrogens is 362 g/mol. The maximum atomic E-state index is 13.0. The maximum Gasteiger partial charge on any atom is 0.225 e. The standard InChI is InChI=1S/C23H33N5O/c1-17-24-15-22(27(17)3)21-7-6-18(14-25-21)13-19-5-4-10-28(16-19)23(29)20-8-11-26(2)12-9-20/h6-7,14-15,19-20H,4-5,8-13,16H2,1-3H3. The smallest absolute Gasteiger partial charge is 0.225 e. The van der Waals surface area contributed by atoms with Crippen LogP contribution in [0.15, 0.2) is 24.5 Å². The molecule has 0 N–H and O–H groups in total. The molecule has 0 aliphatic carbocycles. The fraction of sp³-hybridized carbons (Fsp3) is 0.609. The van der Waals surface area contributed by atoms with Gasteiger partial charge in [-0.15, -0.1) is 0 Å². The molecule has 0 aromatic carbocycles. The largest absolute Gasteiger partial charge is 0.342 e. The van der Waals surface area contributed by atoms with Gasteiger partial charge in [0.05, 0.1) is 17.6 Å². The molecule has 2 fully saturated rings. The van der Waals surface area contributed by atoms with E-state index in [1.54, 1.807) is 0 Å². The minimum atomic E-state index is 0.230. The lowest BCUT2D eigenvalue weighted by molar-refractivity contribution is -0.138. The Morgan fingerprint density at radius 1 is 1.07 bits per heavy atom. The predicted octanol–water partition coefficient (Wildman–Crippen LogP) is 2.91. The van der Waals surface area contributed by atoms with Crippen LogP contribution in [0.3, 0.4) is 0 Å². The molecule has 2 aliphatic heterocycles. The molecule has 0 radical (unpaired) electrons. The number of carbonyl (C=O) groups is 1. The van der Waals surface area contributed by atoms with Crippen LogP contribution in [0.4, 0.5) is 0 Å². The van der Waals surface area contributed by atoms with E-state index in [2.05, 4.69) is 43.5 Å². The van der Waals surface area contributed by atoms with E-state index >= 15 is 0 Å². The fourth-order valence-corrected chi connectivity index (χ4v) is 4.72. The number of rotatable bonds is 4. The molecule has 0 spiro atoms. The summed E-state index contributed by atoms with van der Waals surface area (Å²) in [6.07, 6.45) is 9.20. The molecule has 4 rings (SSSR count). The summed E-state index contributed by atoms with van der Waals surface area (Å²) in [5, 5.41) is 0. The molecular formula is C23H33N5O. The number of carbonyl (C=O) groups excluding carboxylic acids is 1. The third-order valence-electron chi connectivity index (χ3n) is 6.73. The first-order valence-electron chi connectivity index (χ1n) is 10.9. The Morgan fingerprint density at radius 3 is 2.52 bits per heavy atom. The number of likely N-dealkylation sites (tertiary alicyclic amines) is 2. The van der Waals surface area contributed by atoms with Crippen LogP contribution >= 0.6 is 0 Å². The number of amides is 1. The third kappa shape index (κ3) is 4.53. The predicted molar refractivity (Wildman–Crippen MR) is 114 cm³/mol. The van der Waals surface area contributed by atoms with Gasteiger partial charge in [0.2, 0.25) is 5.91 Å². The van der Waals surface area contributed by atoms with Gasteiger partial charge in [-0.3, -0.25) is 9.78 Å². The molecule has 29 heavy (non-hydrogen) atoms. The van der Waals surface area contributed by atoms with Crippen molar-refractivity contribution in [2.45, 2.75) is 39.0 Å². The second kappa shape index (κ2) is 8.66. The van der Waals surface area contributed by atoms with E-state index in [4.69, 9.17) is 0 Å². The molecule has 1 unspecified atom stereocenters.